The Kier molecular flexibility index (Phi) is 4.86. The van der Waals surface area contributed by atoms with E-state index in [0.717, 1.165) is 11.1 Å². The Morgan fingerprint density at radius 1 is 1.13 bits per heavy atom. The lowest BCUT2D eigenvalue weighted by Gasteiger charge is -2.09. The number of anilines is 1. The van der Waals surface area contributed by atoms with Crippen molar-refractivity contribution in [2.24, 2.45) is 0 Å². The Labute approximate surface area is 135 Å². The number of hydrogen-bond acceptors (Lipinski definition) is 4. The lowest BCUT2D eigenvalue weighted by atomic mass is 10.1. The number of aromatic amines is 1. The maximum absolute atomic E-state index is 12.2. The van der Waals surface area contributed by atoms with E-state index in [4.69, 9.17) is 0 Å². The largest absolute Gasteiger partial charge is 0.325 e. The number of carbonyl (C=O) groups is 1. The molecule has 0 saturated carbocycles. The van der Waals surface area contributed by atoms with Gasteiger partial charge in [-0.3, -0.25) is 9.89 Å². The van der Waals surface area contributed by atoms with E-state index in [2.05, 4.69) is 20.2 Å². The van der Waals surface area contributed by atoms with Gasteiger partial charge in [0.05, 0.1) is 17.9 Å². The average Bonchev–Trinajstić information content (AvgIpc) is 2.75. The van der Waals surface area contributed by atoms with Gasteiger partial charge in [-0.2, -0.15) is 5.10 Å². The summed E-state index contributed by atoms with van der Waals surface area (Å²) in [5, 5.41) is 9.15. The number of sulfonamides is 1. The molecule has 8 heteroatoms. The van der Waals surface area contributed by atoms with Gasteiger partial charge in [-0.1, -0.05) is 6.07 Å². The first-order valence-corrected chi connectivity index (χ1v) is 8.57. The first-order chi connectivity index (χ1) is 10.7. The zero-order valence-electron chi connectivity index (χ0n) is 13.5. The minimum Gasteiger partial charge on any atom is -0.325 e. The number of aryl methyl sites for hydroxylation is 4. The van der Waals surface area contributed by atoms with Gasteiger partial charge in [0, 0.05) is 5.69 Å². The molecule has 3 N–H and O–H groups in total. The van der Waals surface area contributed by atoms with Gasteiger partial charge in [0.15, 0.2) is 0 Å². The van der Waals surface area contributed by atoms with Crippen molar-refractivity contribution in [3.8, 4) is 0 Å². The fraction of sp³-hybridized carbons (Fsp3) is 0.333. The van der Waals surface area contributed by atoms with Crippen molar-refractivity contribution >= 4 is 21.6 Å². The normalized spacial score (nSPS) is 11.5. The van der Waals surface area contributed by atoms with Crippen LogP contribution in [0.5, 0.6) is 0 Å². The van der Waals surface area contributed by atoms with Crippen molar-refractivity contribution in [3.63, 3.8) is 0 Å². The number of nitrogens with one attached hydrogen (secondary N) is 3. The molecule has 0 unspecified atom stereocenters. The van der Waals surface area contributed by atoms with Crippen LogP contribution in [-0.4, -0.2) is 31.1 Å². The molecule has 0 fully saturated rings. The Morgan fingerprint density at radius 2 is 1.74 bits per heavy atom. The minimum absolute atomic E-state index is 0.0803. The molecule has 0 radical (unpaired) electrons. The molecule has 0 spiro atoms. The smallest absolute Gasteiger partial charge is 0.244 e. The second-order valence-electron chi connectivity index (χ2n) is 5.51. The summed E-state index contributed by atoms with van der Waals surface area (Å²) in [5.41, 5.74) is 3.48. The Balaban J connectivity index is 2.04. The summed E-state index contributed by atoms with van der Waals surface area (Å²) < 4.78 is 26.8. The van der Waals surface area contributed by atoms with Crippen molar-refractivity contribution in [2.45, 2.75) is 32.6 Å². The zero-order chi connectivity index (χ0) is 17.2. The quantitative estimate of drug-likeness (QED) is 0.771. The van der Waals surface area contributed by atoms with Crippen LogP contribution in [0.1, 0.15) is 22.5 Å². The summed E-state index contributed by atoms with van der Waals surface area (Å²) in [4.78, 5) is 12.0. The van der Waals surface area contributed by atoms with E-state index in [9.17, 15) is 13.2 Å². The number of rotatable bonds is 5. The number of carbonyl (C=O) groups excluding carboxylic acids is 1. The lowest BCUT2D eigenvalue weighted by molar-refractivity contribution is -0.115. The molecular formula is C15H20N4O3S. The van der Waals surface area contributed by atoms with Gasteiger partial charge < -0.3 is 5.32 Å². The van der Waals surface area contributed by atoms with Crippen molar-refractivity contribution in [3.05, 3.63) is 40.7 Å². The van der Waals surface area contributed by atoms with Crippen LogP contribution in [0.4, 0.5) is 5.69 Å². The second kappa shape index (κ2) is 6.51. The zero-order valence-corrected chi connectivity index (χ0v) is 14.3. The number of nitrogens with zero attached hydrogens (tertiary/aromatic N) is 1. The number of amides is 1. The summed E-state index contributed by atoms with van der Waals surface area (Å²) in [6.45, 7) is 6.71. The molecular weight excluding hydrogens is 316 g/mol. The third kappa shape index (κ3) is 4.17. The Bertz CT molecular complexity index is 801. The van der Waals surface area contributed by atoms with Crippen LogP contribution < -0.4 is 10.0 Å². The molecule has 1 amide bonds. The third-order valence-corrected chi connectivity index (χ3v) is 4.92. The molecule has 1 aromatic heterocycles. The van der Waals surface area contributed by atoms with E-state index in [1.165, 1.54) is 0 Å². The van der Waals surface area contributed by atoms with Gasteiger partial charge in [0.2, 0.25) is 15.9 Å². The number of aromatic nitrogens is 2. The van der Waals surface area contributed by atoms with Gasteiger partial charge in [-0.05, 0) is 51.0 Å². The molecule has 0 aliphatic rings. The maximum Gasteiger partial charge on any atom is 0.244 e. The van der Waals surface area contributed by atoms with Crippen LogP contribution in [0, 0.1) is 27.7 Å². The third-order valence-electron chi connectivity index (χ3n) is 3.26. The molecule has 0 aliphatic carbocycles. The summed E-state index contributed by atoms with van der Waals surface area (Å²) >= 11 is 0. The summed E-state index contributed by atoms with van der Waals surface area (Å²) in [7, 11) is -3.79. The van der Waals surface area contributed by atoms with Gasteiger partial charge in [-0.15, -0.1) is 0 Å². The van der Waals surface area contributed by atoms with Crippen molar-refractivity contribution in [1.29, 1.82) is 0 Å². The van der Waals surface area contributed by atoms with Crippen LogP contribution >= 0.6 is 0 Å². The van der Waals surface area contributed by atoms with Crippen LogP contribution in [0.25, 0.3) is 0 Å². The number of benzene rings is 1. The number of hydrogen-bond donors (Lipinski definition) is 3. The predicted octanol–water partition coefficient (Wildman–Crippen LogP) is 1.56. The Morgan fingerprint density at radius 3 is 2.26 bits per heavy atom. The predicted molar refractivity (Wildman–Crippen MR) is 87.8 cm³/mol. The van der Waals surface area contributed by atoms with E-state index < -0.39 is 15.9 Å². The van der Waals surface area contributed by atoms with Crippen LogP contribution in [0.15, 0.2) is 23.1 Å². The molecule has 124 valence electrons. The minimum atomic E-state index is -3.79. The van der Waals surface area contributed by atoms with E-state index in [1.807, 2.05) is 32.0 Å². The molecule has 2 aromatic rings. The van der Waals surface area contributed by atoms with Gasteiger partial charge in [-0.25, -0.2) is 13.1 Å². The van der Waals surface area contributed by atoms with Crippen molar-refractivity contribution < 1.29 is 13.2 Å². The molecule has 23 heavy (non-hydrogen) atoms. The van der Waals surface area contributed by atoms with Crippen LogP contribution in [0.3, 0.4) is 0 Å². The monoisotopic (exact) mass is 336 g/mol. The van der Waals surface area contributed by atoms with Crippen molar-refractivity contribution in [2.75, 3.05) is 11.9 Å². The van der Waals surface area contributed by atoms with Gasteiger partial charge in [0.1, 0.15) is 4.90 Å². The highest BCUT2D eigenvalue weighted by Gasteiger charge is 2.22. The van der Waals surface area contributed by atoms with E-state index in [-0.39, 0.29) is 11.4 Å². The second-order valence-corrected chi connectivity index (χ2v) is 7.22. The van der Waals surface area contributed by atoms with Crippen molar-refractivity contribution in [1.82, 2.24) is 14.9 Å². The van der Waals surface area contributed by atoms with Crippen LogP contribution in [-0.2, 0) is 14.8 Å². The topological polar surface area (TPSA) is 104 Å². The highest BCUT2D eigenvalue weighted by molar-refractivity contribution is 7.89. The van der Waals surface area contributed by atoms with Gasteiger partial charge >= 0.3 is 0 Å². The average molecular weight is 336 g/mol. The van der Waals surface area contributed by atoms with E-state index >= 15 is 0 Å². The molecule has 7 nitrogen and oxygen atoms in total. The van der Waals surface area contributed by atoms with Crippen LogP contribution in [0.2, 0.25) is 0 Å². The highest BCUT2D eigenvalue weighted by atomic mass is 32.2. The maximum atomic E-state index is 12.2. The molecule has 0 aliphatic heterocycles. The molecule has 2 rings (SSSR count). The summed E-state index contributed by atoms with van der Waals surface area (Å²) in [5.74, 6) is -0.433. The summed E-state index contributed by atoms with van der Waals surface area (Å²) in [6, 6.07) is 5.64. The number of H-pyrrole nitrogens is 1. The van der Waals surface area contributed by atoms with E-state index in [1.54, 1.807) is 13.8 Å². The molecule has 0 bridgehead atoms. The lowest BCUT2D eigenvalue weighted by Crippen LogP contribution is -2.33. The first kappa shape index (κ1) is 17.2. The molecule has 1 heterocycles. The molecule has 0 atom stereocenters. The Hall–Kier alpha value is -2.19. The van der Waals surface area contributed by atoms with E-state index in [0.29, 0.717) is 17.1 Å². The molecule has 0 saturated heterocycles. The SMILES string of the molecule is Cc1cc(C)cc(NC(=O)CNS(=O)(=O)c2c(C)n[nH]c2C)c1. The fourth-order valence-corrected chi connectivity index (χ4v) is 3.77. The summed E-state index contributed by atoms with van der Waals surface area (Å²) in [6.07, 6.45) is 0. The van der Waals surface area contributed by atoms with Gasteiger partial charge in [0.25, 0.3) is 0 Å². The fourth-order valence-electron chi connectivity index (χ4n) is 2.42. The molecule has 1 aromatic carbocycles. The first-order valence-electron chi connectivity index (χ1n) is 7.08. The standard InChI is InChI=1S/C15H20N4O3S/c1-9-5-10(2)7-13(6-9)17-14(20)8-16-23(21,22)15-11(3)18-19-12(15)4/h5-7,16H,8H2,1-4H3,(H,17,20)(H,18,19). The highest BCUT2D eigenvalue weighted by Crippen LogP contribution is 2.16.